The molecule has 0 aliphatic carbocycles. The molecule has 0 fully saturated rings. The summed E-state index contributed by atoms with van der Waals surface area (Å²) < 4.78 is 0. The summed E-state index contributed by atoms with van der Waals surface area (Å²) in [4.78, 5) is 14.0. The molecule has 1 aromatic rings. The van der Waals surface area contributed by atoms with Crippen LogP contribution in [0.1, 0.15) is 45.1 Å². The minimum atomic E-state index is 0.263. The Labute approximate surface area is 111 Å². The minimum absolute atomic E-state index is 0.263. The van der Waals surface area contributed by atoms with E-state index in [1.165, 1.54) is 5.56 Å². The summed E-state index contributed by atoms with van der Waals surface area (Å²) in [6, 6.07) is 10.2. The number of carbonyl (C=O) groups excluding carboxylic acids is 1. The highest BCUT2D eigenvalue weighted by Gasteiger charge is 2.15. The summed E-state index contributed by atoms with van der Waals surface area (Å²) in [6.07, 6.45) is 4.10. The Morgan fingerprint density at radius 1 is 1.22 bits per heavy atom. The molecule has 0 radical (unpaired) electrons. The molecule has 1 amide bonds. The lowest BCUT2D eigenvalue weighted by molar-refractivity contribution is -0.131. The Hall–Kier alpha value is -1.31. The average molecular weight is 247 g/mol. The standard InChI is InChI=1S/C16H25NO/c1-4-9-14(5-2)12-16(18)17(3)13-15-10-7-6-8-11-15/h6-8,10-11,14H,4-5,9,12-13H2,1-3H3/t14-/m1/s1. The molecule has 0 aliphatic heterocycles. The van der Waals surface area contributed by atoms with Crippen molar-refractivity contribution in [3.63, 3.8) is 0 Å². The van der Waals surface area contributed by atoms with Crippen LogP contribution >= 0.6 is 0 Å². The van der Waals surface area contributed by atoms with Crippen molar-refractivity contribution in [1.82, 2.24) is 4.90 Å². The smallest absolute Gasteiger partial charge is 0.222 e. The second-order valence-electron chi connectivity index (χ2n) is 5.00. The zero-order chi connectivity index (χ0) is 13.4. The van der Waals surface area contributed by atoms with E-state index in [9.17, 15) is 4.79 Å². The van der Waals surface area contributed by atoms with Gasteiger partial charge in [-0.05, 0) is 11.5 Å². The predicted molar refractivity (Wildman–Crippen MR) is 76.2 cm³/mol. The van der Waals surface area contributed by atoms with Crippen molar-refractivity contribution in [3.05, 3.63) is 35.9 Å². The maximum absolute atomic E-state index is 12.1. The zero-order valence-electron chi connectivity index (χ0n) is 11.9. The molecule has 0 heterocycles. The molecule has 0 saturated heterocycles. The molecule has 0 saturated carbocycles. The molecule has 0 bridgehead atoms. The van der Waals surface area contributed by atoms with Crippen LogP contribution in [0.5, 0.6) is 0 Å². The number of nitrogens with zero attached hydrogens (tertiary/aromatic N) is 1. The number of carbonyl (C=O) groups is 1. The van der Waals surface area contributed by atoms with Crippen molar-refractivity contribution in [3.8, 4) is 0 Å². The Kier molecular flexibility index (Phi) is 6.48. The second kappa shape index (κ2) is 7.91. The molecule has 0 aromatic heterocycles. The number of benzene rings is 1. The first-order valence-electron chi connectivity index (χ1n) is 6.95. The Morgan fingerprint density at radius 3 is 2.44 bits per heavy atom. The lowest BCUT2D eigenvalue weighted by atomic mass is 9.96. The fraction of sp³-hybridized carbons (Fsp3) is 0.562. The van der Waals surface area contributed by atoms with Gasteiger partial charge in [0.25, 0.3) is 0 Å². The number of hydrogen-bond acceptors (Lipinski definition) is 1. The second-order valence-corrected chi connectivity index (χ2v) is 5.00. The molecule has 0 aliphatic rings. The highest BCUT2D eigenvalue weighted by Crippen LogP contribution is 2.17. The lowest BCUT2D eigenvalue weighted by Gasteiger charge is -2.20. The third-order valence-corrected chi connectivity index (χ3v) is 3.43. The van der Waals surface area contributed by atoms with Crippen molar-refractivity contribution >= 4 is 5.91 Å². The molecule has 2 nitrogen and oxygen atoms in total. The molecule has 1 aromatic carbocycles. The van der Waals surface area contributed by atoms with E-state index in [1.807, 2.05) is 30.1 Å². The Morgan fingerprint density at radius 2 is 1.89 bits per heavy atom. The normalized spacial score (nSPS) is 12.2. The van der Waals surface area contributed by atoms with E-state index in [-0.39, 0.29) is 5.91 Å². The molecule has 0 N–H and O–H groups in total. The fourth-order valence-electron chi connectivity index (χ4n) is 2.21. The van der Waals surface area contributed by atoms with Crippen LogP contribution in [0.15, 0.2) is 30.3 Å². The van der Waals surface area contributed by atoms with Gasteiger partial charge in [-0.25, -0.2) is 0 Å². The average Bonchev–Trinajstić information content (AvgIpc) is 2.39. The van der Waals surface area contributed by atoms with Crippen LogP contribution in [0.25, 0.3) is 0 Å². The van der Waals surface area contributed by atoms with Gasteiger partial charge in [0.2, 0.25) is 5.91 Å². The predicted octanol–water partition coefficient (Wildman–Crippen LogP) is 3.86. The minimum Gasteiger partial charge on any atom is -0.341 e. The maximum atomic E-state index is 12.1. The van der Waals surface area contributed by atoms with Crippen LogP contribution in [-0.2, 0) is 11.3 Å². The van der Waals surface area contributed by atoms with Crippen molar-refractivity contribution in [2.45, 2.75) is 46.1 Å². The van der Waals surface area contributed by atoms with Crippen molar-refractivity contribution < 1.29 is 4.79 Å². The first-order chi connectivity index (χ1) is 8.67. The van der Waals surface area contributed by atoms with Gasteiger partial charge in [0, 0.05) is 20.0 Å². The first-order valence-corrected chi connectivity index (χ1v) is 6.95. The molecule has 2 heteroatoms. The molecule has 0 unspecified atom stereocenters. The largest absolute Gasteiger partial charge is 0.341 e. The monoisotopic (exact) mass is 247 g/mol. The molecule has 18 heavy (non-hydrogen) atoms. The third-order valence-electron chi connectivity index (χ3n) is 3.43. The van der Waals surface area contributed by atoms with Crippen molar-refractivity contribution in [2.24, 2.45) is 5.92 Å². The molecule has 100 valence electrons. The summed E-state index contributed by atoms with van der Waals surface area (Å²) in [5.74, 6) is 0.805. The van der Waals surface area contributed by atoms with Crippen LogP contribution in [0.3, 0.4) is 0 Å². The topological polar surface area (TPSA) is 20.3 Å². The number of hydrogen-bond donors (Lipinski definition) is 0. The van der Waals surface area contributed by atoms with Gasteiger partial charge in [0.15, 0.2) is 0 Å². The van der Waals surface area contributed by atoms with Gasteiger partial charge in [0.05, 0.1) is 0 Å². The summed E-state index contributed by atoms with van der Waals surface area (Å²) in [6.45, 7) is 5.06. The fourth-order valence-corrected chi connectivity index (χ4v) is 2.21. The van der Waals surface area contributed by atoms with E-state index in [4.69, 9.17) is 0 Å². The Bertz CT molecular complexity index is 347. The van der Waals surface area contributed by atoms with Gasteiger partial charge in [-0.15, -0.1) is 0 Å². The van der Waals surface area contributed by atoms with Crippen LogP contribution in [0.2, 0.25) is 0 Å². The number of rotatable bonds is 7. The molecule has 1 rings (SSSR count). The first kappa shape index (κ1) is 14.7. The number of amides is 1. The van der Waals surface area contributed by atoms with E-state index in [1.54, 1.807) is 0 Å². The maximum Gasteiger partial charge on any atom is 0.222 e. The Balaban J connectivity index is 2.46. The molecular weight excluding hydrogens is 222 g/mol. The lowest BCUT2D eigenvalue weighted by Crippen LogP contribution is -2.27. The van der Waals surface area contributed by atoms with Crippen LogP contribution in [-0.4, -0.2) is 17.9 Å². The van der Waals surface area contributed by atoms with E-state index in [0.29, 0.717) is 18.9 Å². The van der Waals surface area contributed by atoms with Crippen LogP contribution in [0.4, 0.5) is 0 Å². The van der Waals surface area contributed by atoms with E-state index < -0.39 is 0 Å². The van der Waals surface area contributed by atoms with E-state index in [2.05, 4.69) is 26.0 Å². The highest BCUT2D eigenvalue weighted by molar-refractivity contribution is 5.76. The summed E-state index contributed by atoms with van der Waals surface area (Å²) in [5.41, 5.74) is 1.19. The van der Waals surface area contributed by atoms with Gasteiger partial charge in [0.1, 0.15) is 0 Å². The van der Waals surface area contributed by atoms with Gasteiger partial charge in [-0.2, -0.15) is 0 Å². The zero-order valence-corrected chi connectivity index (χ0v) is 11.9. The van der Waals surface area contributed by atoms with Gasteiger partial charge >= 0.3 is 0 Å². The van der Waals surface area contributed by atoms with E-state index in [0.717, 1.165) is 19.3 Å². The summed E-state index contributed by atoms with van der Waals surface area (Å²) >= 11 is 0. The van der Waals surface area contributed by atoms with Gasteiger partial charge < -0.3 is 4.90 Å². The summed E-state index contributed by atoms with van der Waals surface area (Å²) in [7, 11) is 1.90. The van der Waals surface area contributed by atoms with Crippen LogP contribution in [0, 0.1) is 5.92 Å². The van der Waals surface area contributed by atoms with Crippen molar-refractivity contribution in [2.75, 3.05) is 7.05 Å². The van der Waals surface area contributed by atoms with Gasteiger partial charge in [-0.1, -0.05) is 63.4 Å². The third kappa shape index (κ3) is 4.91. The summed E-state index contributed by atoms with van der Waals surface area (Å²) in [5, 5.41) is 0. The quantitative estimate of drug-likeness (QED) is 0.716. The molecule has 0 spiro atoms. The van der Waals surface area contributed by atoms with Crippen LogP contribution < -0.4 is 0 Å². The molecular formula is C16H25NO. The van der Waals surface area contributed by atoms with Crippen molar-refractivity contribution in [1.29, 1.82) is 0 Å². The van der Waals surface area contributed by atoms with E-state index >= 15 is 0 Å². The highest BCUT2D eigenvalue weighted by atomic mass is 16.2. The van der Waals surface area contributed by atoms with Gasteiger partial charge in [-0.3, -0.25) is 4.79 Å². The molecule has 1 atom stereocenters. The SMILES string of the molecule is CCC[C@@H](CC)CC(=O)N(C)Cc1ccccc1.